The van der Waals surface area contributed by atoms with E-state index in [0.717, 1.165) is 30.3 Å². The molecule has 102 valence electrons. The number of aromatic nitrogens is 2. The second-order valence-corrected chi connectivity index (χ2v) is 5.13. The van der Waals surface area contributed by atoms with E-state index in [1.165, 1.54) is 12.4 Å². The van der Waals surface area contributed by atoms with Crippen LogP contribution in [-0.2, 0) is 6.54 Å². The Hall–Kier alpha value is -1.01. The van der Waals surface area contributed by atoms with Gasteiger partial charge >= 0.3 is 6.55 Å². The van der Waals surface area contributed by atoms with Crippen LogP contribution in [0.15, 0.2) is 12.4 Å². The van der Waals surface area contributed by atoms with Gasteiger partial charge in [0.15, 0.2) is 0 Å². The van der Waals surface area contributed by atoms with Gasteiger partial charge in [-0.25, -0.2) is 4.98 Å². The summed E-state index contributed by atoms with van der Waals surface area (Å²) in [6, 6.07) is 0. The zero-order valence-corrected chi connectivity index (χ0v) is 10.5. The van der Waals surface area contributed by atoms with Gasteiger partial charge in [0.1, 0.15) is 5.82 Å². The van der Waals surface area contributed by atoms with Gasteiger partial charge in [-0.05, 0) is 19.9 Å². The van der Waals surface area contributed by atoms with E-state index in [0.29, 0.717) is 18.9 Å². The minimum Gasteiger partial charge on any atom is -0.389 e. The average molecular weight is 259 g/mol. The Morgan fingerprint density at radius 3 is 2.78 bits per heavy atom. The van der Waals surface area contributed by atoms with Crippen molar-refractivity contribution in [2.24, 2.45) is 0 Å². The van der Waals surface area contributed by atoms with Crippen molar-refractivity contribution >= 4 is 0 Å². The number of nitrogens with zero attached hydrogens (tertiary/aromatic N) is 3. The molecule has 4 nitrogen and oxygen atoms in total. The van der Waals surface area contributed by atoms with Crippen molar-refractivity contribution in [1.29, 1.82) is 0 Å². The van der Waals surface area contributed by atoms with Gasteiger partial charge < -0.3 is 5.11 Å². The molecule has 0 aliphatic heterocycles. The Morgan fingerprint density at radius 2 is 2.17 bits per heavy atom. The maximum atomic E-state index is 12.6. The van der Waals surface area contributed by atoms with Gasteiger partial charge in [-0.2, -0.15) is 8.78 Å². The van der Waals surface area contributed by atoms with E-state index in [-0.39, 0.29) is 0 Å². The number of hydrogen-bond donors (Lipinski definition) is 1. The molecule has 18 heavy (non-hydrogen) atoms. The molecule has 1 aromatic heterocycles. The lowest BCUT2D eigenvalue weighted by atomic mass is 10.0. The van der Waals surface area contributed by atoms with Crippen LogP contribution in [0.25, 0.3) is 0 Å². The number of imidazole rings is 1. The highest BCUT2D eigenvalue weighted by atomic mass is 19.3. The SMILES string of the molecule is CN(Cc1nccn1C(F)F)CC1(O)CCCC1. The standard InChI is InChI=1S/C12H19F2N3O/c1-16(9-12(18)4-2-3-5-12)8-10-15-6-7-17(10)11(13)14/h6-7,11,18H,2-5,8-9H2,1H3. The van der Waals surface area contributed by atoms with Crippen LogP contribution >= 0.6 is 0 Å². The maximum absolute atomic E-state index is 12.6. The summed E-state index contributed by atoms with van der Waals surface area (Å²) in [5.74, 6) is 0.328. The molecule has 1 fully saturated rings. The fourth-order valence-electron chi connectivity index (χ4n) is 2.64. The Balaban J connectivity index is 1.94. The molecule has 0 saturated heterocycles. The van der Waals surface area contributed by atoms with Crippen LogP contribution in [0.3, 0.4) is 0 Å². The van der Waals surface area contributed by atoms with Crippen molar-refractivity contribution in [3.05, 3.63) is 18.2 Å². The summed E-state index contributed by atoms with van der Waals surface area (Å²) < 4.78 is 26.1. The van der Waals surface area contributed by atoms with Crippen molar-refractivity contribution in [3.63, 3.8) is 0 Å². The lowest BCUT2D eigenvalue weighted by Gasteiger charge is -2.28. The van der Waals surface area contributed by atoms with Crippen LogP contribution in [0.1, 0.15) is 38.1 Å². The summed E-state index contributed by atoms with van der Waals surface area (Å²) in [4.78, 5) is 5.79. The lowest BCUT2D eigenvalue weighted by molar-refractivity contribution is 0.0119. The minimum absolute atomic E-state index is 0.319. The number of rotatable bonds is 5. The number of hydrogen-bond acceptors (Lipinski definition) is 3. The van der Waals surface area contributed by atoms with Crippen molar-refractivity contribution in [2.45, 2.75) is 44.4 Å². The predicted molar refractivity (Wildman–Crippen MR) is 63.2 cm³/mol. The summed E-state index contributed by atoms with van der Waals surface area (Å²) >= 11 is 0. The van der Waals surface area contributed by atoms with Gasteiger partial charge in [-0.15, -0.1) is 0 Å². The molecule has 1 aliphatic carbocycles. The van der Waals surface area contributed by atoms with Crippen LogP contribution in [0, 0.1) is 0 Å². The van der Waals surface area contributed by atoms with Crippen LogP contribution < -0.4 is 0 Å². The molecule has 1 aromatic rings. The number of likely N-dealkylation sites (N-methyl/N-ethyl adjacent to an activating group) is 1. The first-order valence-corrected chi connectivity index (χ1v) is 6.21. The van der Waals surface area contributed by atoms with E-state index < -0.39 is 12.2 Å². The highest BCUT2D eigenvalue weighted by Gasteiger charge is 2.32. The molecular weight excluding hydrogens is 240 g/mol. The van der Waals surface area contributed by atoms with Crippen molar-refractivity contribution in [2.75, 3.05) is 13.6 Å². The molecular formula is C12H19F2N3O. The molecule has 1 N–H and O–H groups in total. The number of halogens is 2. The van der Waals surface area contributed by atoms with Gasteiger partial charge in [-0.3, -0.25) is 9.47 Å². The van der Waals surface area contributed by atoms with Gasteiger partial charge in [-0.1, -0.05) is 12.8 Å². The zero-order valence-electron chi connectivity index (χ0n) is 10.5. The normalized spacial score (nSPS) is 19.0. The third kappa shape index (κ3) is 3.05. The van der Waals surface area contributed by atoms with Crippen molar-refractivity contribution < 1.29 is 13.9 Å². The van der Waals surface area contributed by atoms with Gasteiger partial charge in [0.05, 0.1) is 12.1 Å². The summed E-state index contributed by atoms with van der Waals surface area (Å²) in [5, 5.41) is 10.3. The Morgan fingerprint density at radius 1 is 1.50 bits per heavy atom. The second kappa shape index (κ2) is 5.32. The molecule has 1 aliphatic rings. The first kappa shape index (κ1) is 13.4. The summed E-state index contributed by atoms with van der Waals surface area (Å²) in [6.07, 6.45) is 6.31. The molecule has 0 spiro atoms. The monoisotopic (exact) mass is 259 g/mol. The Kier molecular flexibility index (Phi) is 3.97. The molecule has 1 saturated carbocycles. The highest BCUT2D eigenvalue weighted by Crippen LogP contribution is 2.30. The summed E-state index contributed by atoms with van der Waals surface area (Å²) in [7, 11) is 1.82. The largest absolute Gasteiger partial charge is 0.389 e. The zero-order chi connectivity index (χ0) is 13.2. The molecule has 0 bridgehead atoms. The molecule has 0 aromatic carbocycles. The first-order chi connectivity index (χ1) is 8.50. The smallest absolute Gasteiger partial charge is 0.319 e. The van der Waals surface area contributed by atoms with Gasteiger partial charge in [0, 0.05) is 18.9 Å². The van der Waals surface area contributed by atoms with Gasteiger partial charge in [0.25, 0.3) is 0 Å². The van der Waals surface area contributed by atoms with E-state index in [9.17, 15) is 13.9 Å². The molecule has 0 unspecified atom stereocenters. The topological polar surface area (TPSA) is 41.3 Å². The highest BCUT2D eigenvalue weighted by molar-refractivity contribution is 4.94. The molecule has 0 atom stereocenters. The Bertz CT molecular complexity index is 388. The quantitative estimate of drug-likeness (QED) is 0.879. The van der Waals surface area contributed by atoms with E-state index in [1.807, 2.05) is 11.9 Å². The van der Waals surface area contributed by atoms with E-state index >= 15 is 0 Å². The molecule has 0 amide bonds. The average Bonchev–Trinajstić information content (AvgIpc) is 2.87. The lowest BCUT2D eigenvalue weighted by Crippen LogP contribution is -2.39. The van der Waals surface area contributed by atoms with Gasteiger partial charge in [0.2, 0.25) is 0 Å². The predicted octanol–water partition coefficient (Wildman–Crippen LogP) is 2.02. The maximum Gasteiger partial charge on any atom is 0.319 e. The molecule has 6 heteroatoms. The number of alkyl halides is 2. The molecule has 0 radical (unpaired) electrons. The summed E-state index contributed by atoms with van der Waals surface area (Å²) in [5.41, 5.74) is -0.656. The van der Waals surface area contributed by atoms with E-state index in [4.69, 9.17) is 0 Å². The number of aliphatic hydroxyl groups is 1. The van der Waals surface area contributed by atoms with Crippen molar-refractivity contribution in [3.8, 4) is 0 Å². The van der Waals surface area contributed by atoms with E-state index in [1.54, 1.807) is 0 Å². The van der Waals surface area contributed by atoms with E-state index in [2.05, 4.69) is 4.98 Å². The second-order valence-electron chi connectivity index (χ2n) is 5.13. The van der Waals surface area contributed by atoms with Crippen LogP contribution in [0.4, 0.5) is 8.78 Å². The fourth-order valence-corrected chi connectivity index (χ4v) is 2.64. The van der Waals surface area contributed by atoms with Crippen molar-refractivity contribution in [1.82, 2.24) is 14.5 Å². The molecule has 2 rings (SSSR count). The van der Waals surface area contributed by atoms with Crippen LogP contribution in [-0.4, -0.2) is 38.8 Å². The summed E-state index contributed by atoms with van der Waals surface area (Å²) in [6.45, 7) is -1.74. The first-order valence-electron chi connectivity index (χ1n) is 6.21. The third-order valence-electron chi connectivity index (χ3n) is 3.47. The van der Waals surface area contributed by atoms with Crippen LogP contribution in [0.5, 0.6) is 0 Å². The molecule has 1 heterocycles. The minimum atomic E-state index is -2.56. The van der Waals surface area contributed by atoms with Crippen LogP contribution in [0.2, 0.25) is 0 Å². The Labute approximate surface area is 105 Å². The fraction of sp³-hybridized carbons (Fsp3) is 0.750. The third-order valence-corrected chi connectivity index (χ3v) is 3.47.